The molecule has 2 rings (SSSR count). The number of nitrogens with one attached hydrogen (secondary N) is 1. The third-order valence-electron chi connectivity index (χ3n) is 2.14. The lowest BCUT2D eigenvalue weighted by molar-refractivity contribution is 0.363. The molecule has 3 N–H and O–H groups in total. The number of nitrogen functional groups attached to an aromatic ring is 1. The number of hydrogen-bond acceptors (Lipinski definition) is 4. The Morgan fingerprint density at radius 1 is 1.67 bits per heavy atom. The molecular formula is C7H10BrN3O. The molecule has 1 aliphatic rings. The largest absolute Gasteiger partial charge is 0.394 e. The molecule has 12 heavy (non-hydrogen) atoms. The van der Waals surface area contributed by atoms with Crippen LogP contribution in [0.3, 0.4) is 0 Å². The molecule has 0 aromatic carbocycles. The van der Waals surface area contributed by atoms with Gasteiger partial charge in [0.1, 0.15) is 5.69 Å². The maximum absolute atomic E-state index is 5.75. The monoisotopic (exact) mass is 231 g/mol. The zero-order valence-electron chi connectivity index (χ0n) is 6.51. The van der Waals surface area contributed by atoms with Crippen molar-refractivity contribution in [3.8, 4) is 0 Å². The summed E-state index contributed by atoms with van der Waals surface area (Å²) in [5, 5.41) is 7.00. The van der Waals surface area contributed by atoms with Gasteiger partial charge in [-0.3, -0.25) is 0 Å². The first-order valence-corrected chi connectivity index (χ1v) is 4.69. The molecule has 0 radical (unpaired) electrons. The van der Waals surface area contributed by atoms with E-state index >= 15 is 0 Å². The van der Waals surface area contributed by atoms with Crippen LogP contribution in [-0.2, 0) is 0 Å². The lowest BCUT2D eigenvalue weighted by atomic mass is 10.1. The molecule has 0 amide bonds. The van der Waals surface area contributed by atoms with Gasteiger partial charge in [-0.25, -0.2) is 0 Å². The fourth-order valence-electron chi connectivity index (χ4n) is 1.46. The topological polar surface area (TPSA) is 64.1 Å². The van der Waals surface area contributed by atoms with Gasteiger partial charge in [-0.1, -0.05) is 5.16 Å². The van der Waals surface area contributed by atoms with Crippen molar-refractivity contribution in [2.45, 2.75) is 12.3 Å². The highest BCUT2D eigenvalue weighted by Crippen LogP contribution is 2.31. The van der Waals surface area contributed by atoms with Crippen molar-refractivity contribution in [1.29, 1.82) is 0 Å². The van der Waals surface area contributed by atoms with E-state index in [-0.39, 0.29) is 0 Å². The van der Waals surface area contributed by atoms with Crippen LogP contribution in [0.1, 0.15) is 18.1 Å². The zero-order valence-corrected chi connectivity index (χ0v) is 8.10. The molecule has 1 fully saturated rings. The number of aromatic nitrogens is 1. The van der Waals surface area contributed by atoms with Crippen LogP contribution >= 0.6 is 15.9 Å². The molecular weight excluding hydrogens is 222 g/mol. The van der Waals surface area contributed by atoms with Gasteiger partial charge in [-0.2, -0.15) is 0 Å². The molecule has 0 saturated carbocycles. The highest BCUT2D eigenvalue weighted by molar-refractivity contribution is 9.10. The van der Waals surface area contributed by atoms with Crippen LogP contribution in [-0.4, -0.2) is 18.2 Å². The van der Waals surface area contributed by atoms with E-state index in [2.05, 4.69) is 26.4 Å². The minimum atomic E-state index is 0.392. The predicted molar refractivity (Wildman–Crippen MR) is 48.8 cm³/mol. The summed E-state index contributed by atoms with van der Waals surface area (Å²) in [6, 6.07) is 0. The lowest BCUT2D eigenvalue weighted by Gasteiger charge is -2.02. The quantitative estimate of drug-likeness (QED) is 0.760. The van der Waals surface area contributed by atoms with Crippen LogP contribution in [0.15, 0.2) is 9.13 Å². The SMILES string of the molecule is Nc1c(Br)noc1C1CCNC1. The summed E-state index contributed by atoms with van der Waals surface area (Å²) in [4.78, 5) is 0. The molecule has 0 bridgehead atoms. The standard InChI is InChI=1S/C7H10BrN3O/c8-7-5(9)6(12-11-7)4-1-2-10-3-4/h4,10H,1-3,9H2. The maximum atomic E-state index is 5.75. The Bertz CT molecular complexity index is 280. The summed E-state index contributed by atoms with van der Waals surface area (Å²) in [5.41, 5.74) is 6.39. The smallest absolute Gasteiger partial charge is 0.172 e. The fourth-order valence-corrected chi connectivity index (χ4v) is 1.73. The van der Waals surface area contributed by atoms with Crippen LogP contribution in [0, 0.1) is 0 Å². The Balaban J connectivity index is 2.26. The van der Waals surface area contributed by atoms with E-state index in [1.807, 2.05) is 0 Å². The van der Waals surface area contributed by atoms with Gasteiger partial charge in [-0.15, -0.1) is 0 Å². The van der Waals surface area contributed by atoms with Gasteiger partial charge in [0.15, 0.2) is 10.4 Å². The van der Waals surface area contributed by atoms with Crippen molar-refractivity contribution in [3.05, 3.63) is 10.4 Å². The number of anilines is 1. The number of rotatable bonds is 1. The van der Waals surface area contributed by atoms with Crippen molar-refractivity contribution >= 4 is 21.6 Å². The summed E-state index contributed by atoms with van der Waals surface area (Å²) < 4.78 is 5.73. The Morgan fingerprint density at radius 3 is 3.00 bits per heavy atom. The summed E-state index contributed by atoms with van der Waals surface area (Å²) in [5.74, 6) is 1.20. The van der Waals surface area contributed by atoms with E-state index in [9.17, 15) is 0 Å². The Hall–Kier alpha value is -0.550. The van der Waals surface area contributed by atoms with Crippen LogP contribution in [0.25, 0.3) is 0 Å². The van der Waals surface area contributed by atoms with Gasteiger partial charge in [0.05, 0.1) is 0 Å². The van der Waals surface area contributed by atoms with E-state index in [4.69, 9.17) is 10.3 Å². The Morgan fingerprint density at radius 2 is 2.50 bits per heavy atom. The van der Waals surface area contributed by atoms with E-state index < -0.39 is 0 Å². The first-order chi connectivity index (χ1) is 5.79. The molecule has 1 unspecified atom stereocenters. The second kappa shape index (κ2) is 3.06. The minimum Gasteiger partial charge on any atom is -0.394 e. The lowest BCUT2D eigenvalue weighted by Crippen LogP contribution is -2.08. The molecule has 4 nitrogen and oxygen atoms in total. The molecule has 0 spiro atoms. The van der Waals surface area contributed by atoms with Crippen LogP contribution in [0.2, 0.25) is 0 Å². The summed E-state index contributed by atoms with van der Waals surface area (Å²) >= 11 is 3.21. The molecule has 1 atom stereocenters. The van der Waals surface area contributed by atoms with E-state index in [1.165, 1.54) is 0 Å². The molecule has 66 valence electrons. The van der Waals surface area contributed by atoms with Crippen molar-refractivity contribution in [3.63, 3.8) is 0 Å². The van der Waals surface area contributed by atoms with Crippen molar-refractivity contribution in [1.82, 2.24) is 10.5 Å². The average Bonchev–Trinajstić information content (AvgIpc) is 2.64. The normalized spacial score (nSPS) is 23.2. The Kier molecular flexibility index (Phi) is 2.06. The second-order valence-electron chi connectivity index (χ2n) is 2.94. The van der Waals surface area contributed by atoms with Crippen molar-refractivity contribution in [2.24, 2.45) is 0 Å². The maximum Gasteiger partial charge on any atom is 0.172 e. The number of nitrogens with two attached hydrogens (primary N) is 1. The van der Waals surface area contributed by atoms with Gasteiger partial charge in [0, 0.05) is 12.5 Å². The third-order valence-corrected chi connectivity index (χ3v) is 2.71. The van der Waals surface area contributed by atoms with Gasteiger partial charge in [-0.05, 0) is 28.9 Å². The minimum absolute atomic E-state index is 0.392. The molecule has 1 saturated heterocycles. The van der Waals surface area contributed by atoms with E-state index in [0.717, 1.165) is 25.3 Å². The number of nitrogens with zero attached hydrogens (tertiary/aromatic N) is 1. The van der Waals surface area contributed by atoms with Gasteiger partial charge in [0.2, 0.25) is 0 Å². The van der Waals surface area contributed by atoms with Crippen LogP contribution < -0.4 is 11.1 Å². The van der Waals surface area contributed by atoms with Crippen molar-refractivity contribution < 1.29 is 4.52 Å². The van der Waals surface area contributed by atoms with Crippen LogP contribution in [0.5, 0.6) is 0 Å². The number of halogens is 1. The molecule has 0 aliphatic carbocycles. The molecule has 1 aromatic rings. The first-order valence-electron chi connectivity index (χ1n) is 3.90. The summed E-state index contributed by atoms with van der Waals surface area (Å²) in [6.45, 7) is 1.97. The summed E-state index contributed by atoms with van der Waals surface area (Å²) in [6.07, 6.45) is 1.08. The van der Waals surface area contributed by atoms with Gasteiger partial charge in [0.25, 0.3) is 0 Å². The highest BCUT2D eigenvalue weighted by atomic mass is 79.9. The Labute approximate surface area is 78.6 Å². The third kappa shape index (κ3) is 1.23. The van der Waals surface area contributed by atoms with E-state index in [1.54, 1.807) is 0 Å². The highest BCUT2D eigenvalue weighted by Gasteiger charge is 2.24. The molecule has 5 heteroatoms. The summed E-state index contributed by atoms with van der Waals surface area (Å²) in [7, 11) is 0. The van der Waals surface area contributed by atoms with Crippen molar-refractivity contribution in [2.75, 3.05) is 18.8 Å². The molecule has 1 aromatic heterocycles. The van der Waals surface area contributed by atoms with Gasteiger partial charge >= 0.3 is 0 Å². The second-order valence-corrected chi connectivity index (χ2v) is 3.69. The number of hydrogen-bond donors (Lipinski definition) is 2. The zero-order chi connectivity index (χ0) is 8.55. The molecule has 1 aliphatic heterocycles. The van der Waals surface area contributed by atoms with Gasteiger partial charge < -0.3 is 15.6 Å². The predicted octanol–water partition coefficient (Wildman–Crippen LogP) is 1.10. The van der Waals surface area contributed by atoms with E-state index in [0.29, 0.717) is 16.2 Å². The van der Waals surface area contributed by atoms with Crippen LogP contribution in [0.4, 0.5) is 5.69 Å². The average molecular weight is 232 g/mol. The fraction of sp³-hybridized carbons (Fsp3) is 0.571. The molecule has 2 heterocycles. The first kappa shape index (κ1) is 8.07.